The molecule has 0 aromatic rings. The topological polar surface area (TPSA) is 49.8 Å². The quantitative estimate of drug-likeness (QED) is 0.677. The summed E-state index contributed by atoms with van der Waals surface area (Å²) in [7, 11) is 1.71. The van der Waals surface area contributed by atoms with Crippen molar-refractivity contribution in [2.75, 3.05) is 33.4 Å². The molecule has 4 nitrogen and oxygen atoms in total. The number of rotatable bonds is 6. The summed E-state index contributed by atoms with van der Waals surface area (Å²) in [6.45, 7) is 3.59. The molecule has 1 atom stereocenters. The van der Waals surface area contributed by atoms with Crippen molar-refractivity contribution in [3.63, 3.8) is 0 Å². The van der Waals surface area contributed by atoms with Crippen LogP contribution in [0.2, 0.25) is 0 Å². The minimum absolute atomic E-state index is 0.152. The molecule has 15 heavy (non-hydrogen) atoms. The molecule has 0 bridgehead atoms. The normalized spacial score (nSPS) is 22.9. The van der Waals surface area contributed by atoms with Gasteiger partial charge in [0, 0.05) is 20.3 Å². The summed E-state index contributed by atoms with van der Waals surface area (Å²) < 4.78 is 4.98. The molecule has 0 aromatic carbocycles. The minimum atomic E-state index is -0.642. The van der Waals surface area contributed by atoms with Crippen molar-refractivity contribution in [1.82, 2.24) is 4.90 Å². The summed E-state index contributed by atoms with van der Waals surface area (Å²) in [5.74, 6) is -0.794. The van der Waals surface area contributed by atoms with Gasteiger partial charge in [0.1, 0.15) is 0 Å². The van der Waals surface area contributed by atoms with Gasteiger partial charge in [-0.15, -0.1) is 0 Å². The Hall–Kier alpha value is -0.610. The second kappa shape index (κ2) is 6.80. The number of nitrogens with zero attached hydrogens (tertiary/aromatic N) is 1. The fourth-order valence-electron chi connectivity index (χ4n) is 2.04. The van der Waals surface area contributed by atoms with Gasteiger partial charge in [-0.05, 0) is 38.8 Å². The lowest BCUT2D eigenvalue weighted by Crippen LogP contribution is -2.39. The summed E-state index contributed by atoms with van der Waals surface area (Å²) in [6, 6.07) is 0. The molecule has 0 amide bonds. The highest BCUT2D eigenvalue weighted by atomic mass is 16.5. The predicted octanol–water partition coefficient (Wildman–Crippen LogP) is 1.21. The van der Waals surface area contributed by atoms with E-state index in [1.165, 1.54) is 0 Å². The van der Waals surface area contributed by atoms with Gasteiger partial charge in [-0.25, -0.2) is 0 Å². The zero-order valence-corrected chi connectivity index (χ0v) is 9.45. The fraction of sp³-hybridized carbons (Fsp3) is 0.909. The lowest BCUT2D eigenvalue weighted by Gasteiger charge is -2.30. The van der Waals surface area contributed by atoms with Gasteiger partial charge in [0.25, 0.3) is 0 Å². The molecule has 1 aliphatic heterocycles. The third kappa shape index (κ3) is 4.62. The molecule has 4 heteroatoms. The Bertz CT molecular complexity index is 196. The number of carboxylic acids is 1. The Labute approximate surface area is 91.2 Å². The third-order valence-corrected chi connectivity index (χ3v) is 2.93. The van der Waals surface area contributed by atoms with Crippen LogP contribution in [0.4, 0.5) is 0 Å². The first-order valence-electron chi connectivity index (χ1n) is 5.68. The Morgan fingerprint density at radius 3 is 3.00 bits per heavy atom. The van der Waals surface area contributed by atoms with Gasteiger partial charge < -0.3 is 14.7 Å². The molecule has 1 N–H and O–H groups in total. The molecule has 0 aromatic heterocycles. The van der Waals surface area contributed by atoms with E-state index in [1.807, 2.05) is 0 Å². The molecule has 1 unspecified atom stereocenters. The SMILES string of the molecule is COCCCCN1CCCC(C(=O)O)C1. The standard InChI is InChI=1S/C11H21NO3/c1-15-8-3-2-6-12-7-4-5-10(9-12)11(13)14/h10H,2-9H2,1H3,(H,13,14). The number of piperidine rings is 1. The first kappa shape index (κ1) is 12.5. The molecule has 1 aliphatic rings. The van der Waals surface area contributed by atoms with E-state index in [9.17, 15) is 4.79 Å². The molecule has 0 radical (unpaired) electrons. The van der Waals surface area contributed by atoms with E-state index in [2.05, 4.69) is 4.90 Å². The fourth-order valence-corrected chi connectivity index (χ4v) is 2.04. The maximum atomic E-state index is 10.8. The average Bonchev–Trinajstić information content (AvgIpc) is 2.25. The lowest BCUT2D eigenvalue weighted by molar-refractivity contribution is -0.143. The monoisotopic (exact) mass is 215 g/mol. The molecule has 0 saturated carbocycles. The second-order valence-corrected chi connectivity index (χ2v) is 4.18. The molecular weight excluding hydrogens is 194 g/mol. The number of hydrogen-bond donors (Lipinski definition) is 1. The van der Waals surface area contributed by atoms with Gasteiger partial charge in [-0.1, -0.05) is 0 Å². The van der Waals surface area contributed by atoms with Crippen LogP contribution in [0.3, 0.4) is 0 Å². The zero-order valence-electron chi connectivity index (χ0n) is 9.45. The number of carboxylic acid groups (broad SMARTS) is 1. The summed E-state index contributed by atoms with van der Waals surface area (Å²) in [4.78, 5) is 13.1. The Balaban J connectivity index is 2.15. The van der Waals surface area contributed by atoms with Gasteiger partial charge in [0.05, 0.1) is 5.92 Å². The number of methoxy groups -OCH3 is 1. The number of hydrogen-bond acceptors (Lipinski definition) is 3. The van der Waals surface area contributed by atoms with Crippen LogP contribution >= 0.6 is 0 Å². The lowest BCUT2D eigenvalue weighted by atomic mass is 9.98. The van der Waals surface area contributed by atoms with Crippen LogP contribution in [-0.4, -0.2) is 49.3 Å². The van der Waals surface area contributed by atoms with Crippen LogP contribution in [0.1, 0.15) is 25.7 Å². The molecule has 1 heterocycles. The summed E-state index contributed by atoms with van der Waals surface area (Å²) in [6.07, 6.45) is 4.01. The van der Waals surface area contributed by atoms with Gasteiger partial charge in [-0.2, -0.15) is 0 Å². The maximum Gasteiger partial charge on any atom is 0.307 e. The Morgan fingerprint density at radius 2 is 2.33 bits per heavy atom. The molecule has 88 valence electrons. The van der Waals surface area contributed by atoms with Crippen molar-refractivity contribution >= 4 is 5.97 Å². The van der Waals surface area contributed by atoms with Crippen molar-refractivity contribution in [3.05, 3.63) is 0 Å². The van der Waals surface area contributed by atoms with Crippen molar-refractivity contribution in [1.29, 1.82) is 0 Å². The summed E-state index contributed by atoms with van der Waals surface area (Å²) in [5, 5.41) is 8.92. The Morgan fingerprint density at radius 1 is 1.53 bits per heavy atom. The molecule has 1 rings (SSSR count). The van der Waals surface area contributed by atoms with Gasteiger partial charge >= 0.3 is 5.97 Å². The zero-order chi connectivity index (χ0) is 11.1. The van der Waals surface area contributed by atoms with Crippen LogP contribution < -0.4 is 0 Å². The summed E-state index contributed by atoms with van der Waals surface area (Å²) >= 11 is 0. The predicted molar refractivity (Wildman–Crippen MR) is 57.9 cm³/mol. The van der Waals surface area contributed by atoms with E-state index in [-0.39, 0.29) is 5.92 Å². The highest BCUT2D eigenvalue weighted by Crippen LogP contribution is 2.16. The average molecular weight is 215 g/mol. The van der Waals surface area contributed by atoms with E-state index in [1.54, 1.807) is 7.11 Å². The number of carbonyl (C=O) groups is 1. The highest BCUT2D eigenvalue weighted by Gasteiger charge is 2.24. The Kier molecular flexibility index (Phi) is 5.65. The first-order chi connectivity index (χ1) is 7.24. The van der Waals surface area contributed by atoms with E-state index in [0.717, 1.165) is 51.9 Å². The number of unbranched alkanes of at least 4 members (excludes halogenated alkanes) is 1. The van der Waals surface area contributed by atoms with E-state index in [0.29, 0.717) is 0 Å². The largest absolute Gasteiger partial charge is 0.481 e. The minimum Gasteiger partial charge on any atom is -0.481 e. The summed E-state index contributed by atoms with van der Waals surface area (Å²) in [5.41, 5.74) is 0. The molecule has 0 aliphatic carbocycles. The number of aliphatic carboxylic acids is 1. The van der Waals surface area contributed by atoms with E-state index >= 15 is 0 Å². The first-order valence-corrected chi connectivity index (χ1v) is 5.68. The van der Waals surface area contributed by atoms with E-state index < -0.39 is 5.97 Å². The van der Waals surface area contributed by atoms with Crippen molar-refractivity contribution in [2.45, 2.75) is 25.7 Å². The van der Waals surface area contributed by atoms with Crippen LogP contribution in [0.25, 0.3) is 0 Å². The van der Waals surface area contributed by atoms with Crippen LogP contribution in [-0.2, 0) is 9.53 Å². The van der Waals surface area contributed by atoms with Crippen molar-refractivity contribution in [2.24, 2.45) is 5.92 Å². The highest BCUT2D eigenvalue weighted by molar-refractivity contribution is 5.70. The van der Waals surface area contributed by atoms with E-state index in [4.69, 9.17) is 9.84 Å². The van der Waals surface area contributed by atoms with Crippen LogP contribution in [0.15, 0.2) is 0 Å². The third-order valence-electron chi connectivity index (χ3n) is 2.93. The van der Waals surface area contributed by atoms with Gasteiger partial charge in [0.15, 0.2) is 0 Å². The molecule has 1 saturated heterocycles. The molecular formula is C11H21NO3. The molecule has 1 fully saturated rings. The van der Waals surface area contributed by atoms with Crippen molar-refractivity contribution in [3.8, 4) is 0 Å². The van der Waals surface area contributed by atoms with Gasteiger partial charge in [-0.3, -0.25) is 4.79 Å². The maximum absolute atomic E-state index is 10.8. The van der Waals surface area contributed by atoms with Crippen LogP contribution in [0, 0.1) is 5.92 Å². The van der Waals surface area contributed by atoms with Crippen molar-refractivity contribution < 1.29 is 14.6 Å². The number of likely N-dealkylation sites (tertiary alicyclic amines) is 1. The second-order valence-electron chi connectivity index (χ2n) is 4.18. The molecule has 0 spiro atoms. The van der Waals surface area contributed by atoms with Gasteiger partial charge in [0.2, 0.25) is 0 Å². The smallest absolute Gasteiger partial charge is 0.307 e. The number of ether oxygens (including phenoxy) is 1. The van der Waals surface area contributed by atoms with Crippen LogP contribution in [0.5, 0.6) is 0 Å².